The highest BCUT2D eigenvalue weighted by molar-refractivity contribution is 5.96. The number of piperazine rings is 1. The zero-order valence-corrected chi connectivity index (χ0v) is 15.6. The third-order valence-electron chi connectivity index (χ3n) is 4.49. The molecule has 3 heterocycles. The number of aryl methyl sites for hydroxylation is 1. The largest absolute Gasteiger partial charge is 0.479 e. The zero-order chi connectivity index (χ0) is 19.2. The predicted octanol–water partition coefficient (Wildman–Crippen LogP) is 0.0115. The van der Waals surface area contributed by atoms with Gasteiger partial charge in [-0.1, -0.05) is 6.07 Å². The summed E-state index contributed by atoms with van der Waals surface area (Å²) >= 11 is 0. The minimum absolute atomic E-state index is 0.0666. The second kappa shape index (κ2) is 8.63. The van der Waals surface area contributed by atoms with E-state index in [9.17, 15) is 9.59 Å². The summed E-state index contributed by atoms with van der Waals surface area (Å²) in [6, 6.07) is 5.25. The number of aromatic nitrogens is 3. The van der Waals surface area contributed by atoms with Gasteiger partial charge < -0.3 is 15.0 Å². The number of nitrogens with zero attached hydrogens (tertiary/aromatic N) is 5. The van der Waals surface area contributed by atoms with Crippen LogP contribution >= 0.6 is 0 Å². The molecule has 0 bridgehead atoms. The van der Waals surface area contributed by atoms with Crippen LogP contribution in [-0.2, 0) is 7.05 Å². The number of hydrogen-bond donors (Lipinski definition) is 1. The lowest BCUT2D eigenvalue weighted by atomic mass is 10.2. The molecule has 1 aliphatic heterocycles. The van der Waals surface area contributed by atoms with Crippen molar-refractivity contribution in [3.8, 4) is 5.88 Å². The molecule has 0 aromatic carbocycles. The number of pyridine rings is 1. The summed E-state index contributed by atoms with van der Waals surface area (Å²) in [4.78, 5) is 32.7. The maximum Gasteiger partial charge on any atom is 0.269 e. The summed E-state index contributed by atoms with van der Waals surface area (Å²) in [6.07, 6.45) is 3.28. The second-order valence-corrected chi connectivity index (χ2v) is 6.33. The SMILES string of the molecule is COc1nn(C)cc1C(=O)N1CCN(CCNC(=O)c2ccccn2)CC1. The highest BCUT2D eigenvalue weighted by Gasteiger charge is 2.26. The van der Waals surface area contributed by atoms with E-state index in [4.69, 9.17) is 4.74 Å². The van der Waals surface area contributed by atoms with Crippen molar-refractivity contribution in [3.05, 3.63) is 41.9 Å². The molecule has 9 nitrogen and oxygen atoms in total. The maximum absolute atomic E-state index is 12.7. The fourth-order valence-corrected chi connectivity index (χ4v) is 3.03. The molecular formula is C18H24N6O3. The Kier molecular flexibility index (Phi) is 6.02. The fraction of sp³-hybridized carbons (Fsp3) is 0.444. The molecule has 27 heavy (non-hydrogen) atoms. The predicted molar refractivity (Wildman–Crippen MR) is 98.7 cm³/mol. The van der Waals surface area contributed by atoms with Crippen molar-refractivity contribution < 1.29 is 14.3 Å². The van der Waals surface area contributed by atoms with E-state index in [1.807, 2.05) is 4.90 Å². The number of rotatable bonds is 6. The molecule has 0 saturated carbocycles. The standard InChI is InChI=1S/C18H24N6O3/c1-22-13-14(17(21-22)27-2)18(26)24-11-9-23(10-12-24)8-7-20-16(25)15-5-3-4-6-19-15/h3-6,13H,7-12H2,1-2H3,(H,20,25). The van der Waals surface area contributed by atoms with Crippen molar-refractivity contribution in [2.24, 2.45) is 7.05 Å². The van der Waals surface area contributed by atoms with Crippen LogP contribution in [0.15, 0.2) is 30.6 Å². The van der Waals surface area contributed by atoms with Gasteiger partial charge in [0.25, 0.3) is 11.8 Å². The lowest BCUT2D eigenvalue weighted by Gasteiger charge is -2.34. The number of ether oxygens (including phenoxy) is 1. The van der Waals surface area contributed by atoms with Crippen LogP contribution in [0.5, 0.6) is 5.88 Å². The van der Waals surface area contributed by atoms with Gasteiger partial charge in [-0.15, -0.1) is 5.10 Å². The summed E-state index contributed by atoms with van der Waals surface area (Å²) in [5.74, 6) is 0.110. The van der Waals surface area contributed by atoms with Crippen LogP contribution in [0.4, 0.5) is 0 Å². The van der Waals surface area contributed by atoms with Gasteiger partial charge in [-0.3, -0.25) is 24.2 Å². The molecule has 144 valence electrons. The maximum atomic E-state index is 12.7. The monoisotopic (exact) mass is 372 g/mol. The van der Waals surface area contributed by atoms with E-state index in [0.717, 1.165) is 19.6 Å². The molecule has 0 unspecified atom stereocenters. The van der Waals surface area contributed by atoms with E-state index in [1.165, 1.54) is 7.11 Å². The van der Waals surface area contributed by atoms with Gasteiger partial charge in [0.1, 0.15) is 11.3 Å². The minimum Gasteiger partial charge on any atom is -0.479 e. The molecule has 0 spiro atoms. The first-order chi connectivity index (χ1) is 13.1. The van der Waals surface area contributed by atoms with Gasteiger partial charge in [-0.2, -0.15) is 0 Å². The zero-order valence-electron chi connectivity index (χ0n) is 15.6. The van der Waals surface area contributed by atoms with Gasteiger partial charge in [0, 0.05) is 58.7 Å². The summed E-state index contributed by atoms with van der Waals surface area (Å²) in [5, 5.41) is 7.01. The van der Waals surface area contributed by atoms with Crippen molar-refractivity contribution in [2.45, 2.75) is 0 Å². The Bertz CT molecular complexity index is 784. The fourth-order valence-electron chi connectivity index (χ4n) is 3.03. The van der Waals surface area contributed by atoms with E-state index in [0.29, 0.717) is 36.8 Å². The van der Waals surface area contributed by atoms with Gasteiger partial charge in [-0.25, -0.2) is 0 Å². The van der Waals surface area contributed by atoms with Crippen LogP contribution in [-0.4, -0.2) is 82.8 Å². The van der Waals surface area contributed by atoms with Gasteiger partial charge in [0.15, 0.2) is 0 Å². The number of carbonyl (C=O) groups excluding carboxylic acids is 2. The molecular weight excluding hydrogens is 348 g/mol. The molecule has 3 rings (SSSR count). The van der Waals surface area contributed by atoms with Crippen LogP contribution in [0.3, 0.4) is 0 Å². The Morgan fingerprint density at radius 2 is 2.00 bits per heavy atom. The van der Waals surface area contributed by atoms with Crippen LogP contribution in [0.2, 0.25) is 0 Å². The Hall–Kier alpha value is -2.94. The topological polar surface area (TPSA) is 92.6 Å². The minimum atomic E-state index is -0.173. The average Bonchev–Trinajstić information content (AvgIpc) is 3.09. The average molecular weight is 372 g/mol. The molecule has 1 N–H and O–H groups in total. The van der Waals surface area contributed by atoms with E-state index in [2.05, 4.69) is 20.3 Å². The molecule has 0 atom stereocenters. The van der Waals surface area contributed by atoms with Crippen molar-refractivity contribution in [1.29, 1.82) is 0 Å². The lowest BCUT2D eigenvalue weighted by molar-refractivity contribution is 0.0634. The third-order valence-corrected chi connectivity index (χ3v) is 4.49. The van der Waals surface area contributed by atoms with E-state index < -0.39 is 0 Å². The molecule has 2 aromatic rings. The third kappa shape index (κ3) is 4.62. The number of nitrogens with one attached hydrogen (secondary N) is 1. The molecule has 1 aliphatic rings. The first-order valence-electron chi connectivity index (χ1n) is 8.87. The van der Waals surface area contributed by atoms with Gasteiger partial charge in [0.2, 0.25) is 5.88 Å². The molecule has 9 heteroatoms. The Morgan fingerprint density at radius 1 is 1.22 bits per heavy atom. The van der Waals surface area contributed by atoms with Gasteiger partial charge in [0.05, 0.1) is 7.11 Å². The number of methoxy groups -OCH3 is 1. The van der Waals surface area contributed by atoms with E-state index >= 15 is 0 Å². The van der Waals surface area contributed by atoms with Gasteiger partial charge >= 0.3 is 0 Å². The lowest BCUT2D eigenvalue weighted by Crippen LogP contribution is -2.50. The normalized spacial score (nSPS) is 14.8. The number of carbonyl (C=O) groups is 2. The van der Waals surface area contributed by atoms with Crippen LogP contribution in [0, 0.1) is 0 Å². The molecule has 2 amide bonds. The highest BCUT2D eigenvalue weighted by atomic mass is 16.5. The summed E-state index contributed by atoms with van der Waals surface area (Å²) in [7, 11) is 3.27. The van der Waals surface area contributed by atoms with E-state index in [-0.39, 0.29) is 11.8 Å². The number of amides is 2. The molecule has 1 fully saturated rings. The second-order valence-electron chi connectivity index (χ2n) is 6.33. The first kappa shape index (κ1) is 18.8. The smallest absolute Gasteiger partial charge is 0.269 e. The van der Waals surface area contributed by atoms with Crippen molar-refractivity contribution >= 4 is 11.8 Å². The van der Waals surface area contributed by atoms with Gasteiger partial charge in [-0.05, 0) is 12.1 Å². The van der Waals surface area contributed by atoms with Crippen molar-refractivity contribution in [2.75, 3.05) is 46.4 Å². The molecule has 0 aliphatic carbocycles. The molecule has 1 saturated heterocycles. The quantitative estimate of drug-likeness (QED) is 0.768. The Balaban J connectivity index is 1.43. The highest BCUT2D eigenvalue weighted by Crippen LogP contribution is 2.18. The van der Waals surface area contributed by atoms with Crippen LogP contribution in [0.1, 0.15) is 20.8 Å². The Morgan fingerprint density at radius 3 is 2.67 bits per heavy atom. The first-order valence-corrected chi connectivity index (χ1v) is 8.87. The van der Waals surface area contributed by atoms with E-state index in [1.54, 1.807) is 42.3 Å². The molecule has 0 radical (unpaired) electrons. The molecule has 2 aromatic heterocycles. The van der Waals surface area contributed by atoms with Crippen LogP contribution < -0.4 is 10.1 Å². The number of hydrogen-bond acceptors (Lipinski definition) is 6. The summed E-state index contributed by atoms with van der Waals surface area (Å²) < 4.78 is 6.75. The van der Waals surface area contributed by atoms with Crippen molar-refractivity contribution in [3.63, 3.8) is 0 Å². The summed E-state index contributed by atoms with van der Waals surface area (Å²) in [5.41, 5.74) is 0.898. The van der Waals surface area contributed by atoms with Crippen LogP contribution in [0.25, 0.3) is 0 Å². The van der Waals surface area contributed by atoms with Crippen molar-refractivity contribution in [1.82, 2.24) is 29.9 Å². The Labute approximate surface area is 157 Å². The summed E-state index contributed by atoms with van der Waals surface area (Å²) in [6.45, 7) is 4.05.